The highest BCUT2D eigenvalue weighted by atomic mass is 19.1. The average Bonchev–Trinajstić information content (AvgIpc) is 2.44. The highest BCUT2D eigenvalue weighted by molar-refractivity contribution is 6.46. The van der Waals surface area contributed by atoms with Crippen molar-refractivity contribution in [2.45, 2.75) is 12.9 Å². The molecule has 0 aliphatic rings. The fourth-order valence-corrected chi connectivity index (χ4v) is 1.43. The number of aliphatic hydroxyl groups excluding tert-OH is 1. The second kappa shape index (κ2) is 7.08. The van der Waals surface area contributed by atoms with Crippen molar-refractivity contribution in [1.82, 2.24) is 0 Å². The molecule has 1 unspecified atom stereocenters. The first-order valence-corrected chi connectivity index (χ1v) is 5.37. The van der Waals surface area contributed by atoms with Gasteiger partial charge in [-0.15, -0.1) is 0 Å². The van der Waals surface area contributed by atoms with Gasteiger partial charge in [0.15, 0.2) is 11.6 Å². The van der Waals surface area contributed by atoms with E-state index in [-0.39, 0.29) is 11.3 Å². The molecule has 104 valence electrons. The van der Waals surface area contributed by atoms with Gasteiger partial charge in [-0.2, -0.15) is 0 Å². The zero-order valence-corrected chi connectivity index (χ0v) is 10.6. The van der Waals surface area contributed by atoms with Crippen LogP contribution in [0.15, 0.2) is 12.1 Å². The van der Waals surface area contributed by atoms with E-state index >= 15 is 0 Å². The van der Waals surface area contributed by atoms with Gasteiger partial charge < -0.3 is 24.3 Å². The molecule has 0 spiro atoms. The van der Waals surface area contributed by atoms with Crippen LogP contribution in [0.2, 0.25) is 0 Å². The molecule has 0 aliphatic heterocycles. The van der Waals surface area contributed by atoms with E-state index in [4.69, 9.17) is 19.6 Å². The first-order chi connectivity index (χ1) is 9.07. The summed E-state index contributed by atoms with van der Waals surface area (Å²) in [5.41, 5.74) is 0.526. The largest absolute Gasteiger partial charge is 0.464 e. The number of carbonyl (C=O) groups is 1. The van der Waals surface area contributed by atoms with Gasteiger partial charge in [0.05, 0.1) is 13.7 Å². The van der Waals surface area contributed by atoms with Crippen LogP contribution in [0.1, 0.15) is 5.56 Å². The summed E-state index contributed by atoms with van der Waals surface area (Å²) in [5, 5.41) is 18.1. The number of halogens is 1. The fraction of sp³-hybridized carbons (Fsp3) is 0.364. The molecule has 0 aromatic heterocycles. The van der Waals surface area contributed by atoms with Crippen molar-refractivity contribution in [3.8, 4) is 5.75 Å². The van der Waals surface area contributed by atoms with Crippen molar-refractivity contribution >= 4 is 18.9 Å². The molecule has 6 nitrogen and oxygen atoms in total. The Morgan fingerprint density at radius 1 is 1.47 bits per heavy atom. The van der Waals surface area contributed by atoms with Gasteiger partial charge in [0.1, 0.15) is 0 Å². The molecular weight excluding hydrogens is 258 g/mol. The molecule has 0 radical (unpaired) electrons. The number of hydrogen-bond acceptors (Lipinski definition) is 6. The fourth-order valence-electron chi connectivity index (χ4n) is 1.43. The minimum atomic E-state index is -1.41. The molecule has 19 heavy (non-hydrogen) atoms. The van der Waals surface area contributed by atoms with Crippen LogP contribution in [0, 0.1) is 5.82 Å². The van der Waals surface area contributed by atoms with Crippen LogP contribution in [0.4, 0.5) is 4.39 Å². The molecule has 1 aromatic rings. The zero-order valence-electron chi connectivity index (χ0n) is 10.6. The van der Waals surface area contributed by atoms with Gasteiger partial charge in [0, 0.05) is 7.11 Å². The Morgan fingerprint density at radius 2 is 2.16 bits per heavy atom. The molecule has 8 heteroatoms. The predicted octanol–water partition coefficient (Wildman–Crippen LogP) is -1.19. The first-order valence-electron chi connectivity index (χ1n) is 5.37. The topological polar surface area (TPSA) is 85.2 Å². The van der Waals surface area contributed by atoms with Crippen LogP contribution in [-0.2, 0) is 20.9 Å². The Labute approximate surface area is 110 Å². The molecule has 1 aromatic carbocycles. The van der Waals surface area contributed by atoms with Crippen molar-refractivity contribution in [2.75, 3.05) is 14.2 Å². The van der Waals surface area contributed by atoms with E-state index < -0.39 is 32.2 Å². The smallest absolute Gasteiger partial charge is 0.376 e. The third-order valence-electron chi connectivity index (χ3n) is 2.44. The molecule has 0 fully saturated rings. The van der Waals surface area contributed by atoms with Crippen LogP contribution in [-0.4, -0.2) is 44.1 Å². The minimum absolute atomic E-state index is 0.236. The molecule has 0 saturated heterocycles. The Bertz CT molecular complexity index is 453. The number of benzene rings is 1. The lowest BCUT2D eigenvalue weighted by Crippen LogP contribution is -2.31. The van der Waals surface area contributed by atoms with Crippen LogP contribution in [0.3, 0.4) is 0 Å². The number of rotatable bonds is 6. The van der Waals surface area contributed by atoms with Crippen molar-refractivity contribution in [3.05, 3.63) is 23.5 Å². The lowest BCUT2D eigenvalue weighted by Gasteiger charge is -2.16. The first kappa shape index (κ1) is 15.4. The maximum Gasteiger partial charge on any atom is 0.376 e. The normalized spacial score (nSPS) is 11.8. The summed E-state index contributed by atoms with van der Waals surface area (Å²) in [5.74, 6) is -1.88. The molecule has 2 N–H and O–H groups in total. The summed E-state index contributed by atoms with van der Waals surface area (Å²) in [7, 11) is 1.94. The van der Waals surface area contributed by atoms with E-state index in [1.54, 1.807) is 0 Å². The van der Waals surface area contributed by atoms with Crippen molar-refractivity contribution in [3.63, 3.8) is 0 Å². The Kier molecular flexibility index (Phi) is 5.74. The molecule has 0 saturated carbocycles. The lowest BCUT2D eigenvalue weighted by molar-refractivity contribution is -0.170. The van der Waals surface area contributed by atoms with Crippen molar-refractivity contribution < 1.29 is 33.5 Å². The molecule has 1 atom stereocenters. The van der Waals surface area contributed by atoms with Crippen LogP contribution in [0.5, 0.6) is 5.75 Å². The van der Waals surface area contributed by atoms with Gasteiger partial charge in [-0.05, 0) is 23.2 Å². The molecule has 0 aliphatic carbocycles. The van der Waals surface area contributed by atoms with E-state index in [9.17, 15) is 9.18 Å². The zero-order chi connectivity index (χ0) is 14.4. The number of ether oxygens (including phenoxy) is 3. The van der Waals surface area contributed by atoms with Crippen molar-refractivity contribution in [1.29, 1.82) is 0 Å². The van der Waals surface area contributed by atoms with Gasteiger partial charge in [0.25, 0.3) is 6.29 Å². The maximum atomic E-state index is 13.7. The summed E-state index contributed by atoms with van der Waals surface area (Å²) in [4.78, 5) is 11.3. The summed E-state index contributed by atoms with van der Waals surface area (Å²) in [6.45, 7) is -0.419. The Morgan fingerprint density at radius 3 is 2.63 bits per heavy atom. The monoisotopic (exact) mass is 272 g/mol. The van der Waals surface area contributed by atoms with Gasteiger partial charge in [-0.25, -0.2) is 9.18 Å². The van der Waals surface area contributed by atoms with E-state index in [1.807, 2.05) is 0 Å². The number of hydrogen-bond donors (Lipinski definition) is 2. The van der Waals surface area contributed by atoms with Crippen molar-refractivity contribution in [2.24, 2.45) is 0 Å². The highest BCUT2D eigenvalue weighted by Crippen LogP contribution is 2.19. The number of carbonyl (C=O) groups excluding carboxylic acids is 1. The Hall–Kier alpha value is -1.64. The average molecular weight is 272 g/mol. The van der Waals surface area contributed by atoms with E-state index in [2.05, 4.69) is 4.74 Å². The predicted molar refractivity (Wildman–Crippen MR) is 64.8 cm³/mol. The van der Waals surface area contributed by atoms with Gasteiger partial charge >= 0.3 is 13.5 Å². The van der Waals surface area contributed by atoms with Gasteiger partial charge in [-0.1, -0.05) is 0 Å². The molecule has 0 heterocycles. The molecule has 0 bridgehead atoms. The van der Waals surface area contributed by atoms with Crippen LogP contribution < -0.4 is 10.2 Å². The van der Waals surface area contributed by atoms with Crippen LogP contribution >= 0.6 is 0 Å². The molecular formula is C11H14BFO6. The third-order valence-corrected chi connectivity index (χ3v) is 2.44. The second-order valence-corrected chi connectivity index (χ2v) is 3.58. The minimum Gasteiger partial charge on any atom is -0.464 e. The van der Waals surface area contributed by atoms with E-state index in [0.717, 1.165) is 13.2 Å². The summed E-state index contributed by atoms with van der Waals surface area (Å²) in [6, 6.07) is 2.21. The van der Waals surface area contributed by atoms with Crippen LogP contribution in [0.25, 0.3) is 0 Å². The standard InChI is InChI=1S/C11H14BFO6/c1-17-10(15)11(18-2)19-9-4-7(12-16)6(5-14)3-8(9)13/h3-4,11-12,14,16H,5H2,1-2H3. The molecule has 1 rings (SSSR count). The van der Waals surface area contributed by atoms with Gasteiger partial charge in [-0.3, -0.25) is 0 Å². The SMILES string of the molecule is COC(=O)C(OC)Oc1cc(BO)c(CO)cc1F. The third kappa shape index (κ3) is 3.66. The van der Waals surface area contributed by atoms with E-state index in [1.165, 1.54) is 13.2 Å². The summed E-state index contributed by atoms with van der Waals surface area (Å²) < 4.78 is 27.8. The Balaban J connectivity index is 3.03. The molecule has 0 amide bonds. The summed E-state index contributed by atoms with van der Waals surface area (Å²) >= 11 is 0. The lowest BCUT2D eigenvalue weighted by atomic mass is 9.84. The summed E-state index contributed by atoms with van der Waals surface area (Å²) in [6.07, 6.45) is -1.41. The number of esters is 1. The van der Waals surface area contributed by atoms with Gasteiger partial charge in [0.2, 0.25) is 0 Å². The highest BCUT2D eigenvalue weighted by Gasteiger charge is 2.22. The second-order valence-electron chi connectivity index (χ2n) is 3.58. The quantitative estimate of drug-likeness (QED) is 0.385. The number of methoxy groups -OCH3 is 2. The maximum absolute atomic E-state index is 13.7. The number of aliphatic hydroxyl groups is 1. The van der Waals surface area contributed by atoms with E-state index in [0.29, 0.717) is 5.46 Å².